The van der Waals surface area contributed by atoms with Crippen LogP contribution in [0.2, 0.25) is 0 Å². The fraction of sp³-hybridized carbons (Fsp3) is 0.167. The van der Waals surface area contributed by atoms with Crippen LogP contribution in [0, 0.1) is 5.82 Å². The van der Waals surface area contributed by atoms with Crippen molar-refractivity contribution in [2.24, 2.45) is 0 Å². The van der Waals surface area contributed by atoms with Gasteiger partial charge in [-0.25, -0.2) is 9.18 Å². The second kappa shape index (κ2) is 8.78. The Bertz CT molecular complexity index is 1010. The highest BCUT2D eigenvalue weighted by molar-refractivity contribution is 5.98. The van der Waals surface area contributed by atoms with E-state index in [-0.39, 0.29) is 30.2 Å². The molecular formula is C24H22FN3O2. The zero-order chi connectivity index (χ0) is 20.9. The van der Waals surface area contributed by atoms with Crippen molar-refractivity contribution in [2.45, 2.75) is 19.0 Å². The van der Waals surface area contributed by atoms with Crippen LogP contribution in [0.1, 0.15) is 12.0 Å². The maximum absolute atomic E-state index is 13.2. The number of benzene rings is 3. The minimum Gasteiger partial charge on any atom is -0.333 e. The first kappa shape index (κ1) is 19.6. The van der Waals surface area contributed by atoms with E-state index in [4.69, 9.17) is 0 Å². The number of amides is 3. The van der Waals surface area contributed by atoms with Crippen LogP contribution in [-0.4, -0.2) is 24.5 Å². The first-order valence-electron chi connectivity index (χ1n) is 9.83. The van der Waals surface area contributed by atoms with Gasteiger partial charge >= 0.3 is 6.03 Å². The highest BCUT2D eigenvalue weighted by atomic mass is 19.1. The molecule has 1 N–H and O–H groups in total. The molecule has 0 aliphatic carbocycles. The molecule has 0 saturated carbocycles. The lowest BCUT2D eigenvalue weighted by Crippen LogP contribution is -2.45. The van der Waals surface area contributed by atoms with Gasteiger partial charge < -0.3 is 10.2 Å². The first-order chi connectivity index (χ1) is 14.6. The zero-order valence-electron chi connectivity index (χ0n) is 16.4. The van der Waals surface area contributed by atoms with Crippen molar-refractivity contribution >= 4 is 23.3 Å². The summed E-state index contributed by atoms with van der Waals surface area (Å²) in [6.07, 6.45) is 0.205. The smallest absolute Gasteiger partial charge is 0.322 e. The summed E-state index contributed by atoms with van der Waals surface area (Å²) < 4.78 is 13.2. The van der Waals surface area contributed by atoms with Crippen molar-refractivity contribution in [2.75, 3.05) is 16.3 Å². The van der Waals surface area contributed by atoms with E-state index in [9.17, 15) is 14.0 Å². The Hall–Kier alpha value is -3.67. The number of rotatable bonds is 5. The molecule has 4 rings (SSSR count). The van der Waals surface area contributed by atoms with Gasteiger partial charge in [0.15, 0.2) is 0 Å². The normalized spacial score (nSPS) is 15.8. The van der Waals surface area contributed by atoms with Gasteiger partial charge in [0.2, 0.25) is 5.91 Å². The molecule has 30 heavy (non-hydrogen) atoms. The number of hydrogen-bond acceptors (Lipinski definition) is 2. The number of carbonyl (C=O) groups is 2. The number of urea groups is 1. The van der Waals surface area contributed by atoms with E-state index in [1.165, 1.54) is 12.1 Å². The number of halogens is 1. The monoisotopic (exact) mass is 403 g/mol. The summed E-state index contributed by atoms with van der Waals surface area (Å²) >= 11 is 0. The molecule has 1 saturated heterocycles. The molecular weight excluding hydrogens is 381 g/mol. The molecule has 1 aliphatic heterocycles. The molecule has 1 aliphatic rings. The molecule has 3 aromatic rings. The van der Waals surface area contributed by atoms with Crippen LogP contribution in [-0.2, 0) is 11.3 Å². The third-order valence-electron chi connectivity index (χ3n) is 5.09. The predicted molar refractivity (Wildman–Crippen MR) is 115 cm³/mol. The SMILES string of the molecule is O=C1C[C@@H](NC(=O)N(Cc2ccccc2)c2ccccc2)CN1c1ccc(F)cc1. The van der Waals surface area contributed by atoms with Crippen molar-refractivity contribution in [1.29, 1.82) is 0 Å². The summed E-state index contributed by atoms with van der Waals surface area (Å²) in [5.41, 5.74) is 2.41. The van der Waals surface area contributed by atoms with Crippen LogP contribution in [0.25, 0.3) is 0 Å². The largest absolute Gasteiger partial charge is 0.333 e. The average Bonchev–Trinajstić information content (AvgIpc) is 3.13. The molecule has 1 atom stereocenters. The molecule has 0 unspecified atom stereocenters. The summed E-state index contributed by atoms with van der Waals surface area (Å²) in [6, 6.07) is 24.4. The lowest BCUT2D eigenvalue weighted by Gasteiger charge is -2.25. The third-order valence-corrected chi connectivity index (χ3v) is 5.09. The van der Waals surface area contributed by atoms with Crippen LogP contribution in [0.15, 0.2) is 84.9 Å². The summed E-state index contributed by atoms with van der Waals surface area (Å²) in [7, 11) is 0. The quantitative estimate of drug-likeness (QED) is 0.689. The lowest BCUT2D eigenvalue weighted by molar-refractivity contribution is -0.117. The fourth-order valence-electron chi connectivity index (χ4n) is 3.58. The number of nitrogens with one attached hydrogen (secondary N) is 1. The minimum atomic E-state index is -0.352. The van der Waals surface area contributed by atoms with E-state index in [0.717, 1.165) is 11.3 Å². The summed E-state index contributed by atoms with van der Waals surface area (Å²) in [5.74, 6) is -0.448. The Kier molecular flexibility index (Phi) is 5.75. The molecule has 3 aromatic carbocycles. The van der Waals surface area contributed by atoms with Gasteiger partial charge in [-0.05, 0) is 42.0 Å². The number of hydrogen-bond donors (Lipinski definition) is 1. The van der Waals surface area contributed by atoms with Gasteiger partial charge in [-0.15, -0.1) is 0 Å². The van der Waals surface area contributed by atoms with Crippen LogP contribution in [0.4, 0.5) is 20.6 Å². The van der Waals surface area contributed by atoms with Crippen molar-refractivity contribution in [3.8, 4) is 0 Å². The predicted octanol–water partition coefficient (Wildman–Crippen LogP) is 4.35. The van der Waals surface area contributed by atoms with Crippen molar-refractivity contribution in [1.82, 2.24) is 5.32 Å². The standard InChI is InChI=1S/C24H22FN3O2/c25-19-11-13-22(14-12-19)27-17-20(15-23(27)29)26-24(30)28(21-9-5-2-6-10-21)16-18-7-3-1-4-8-18/h1-14,20H,15-17H2,(H,26,30)/t20-/m1/s1. The van der Waals surface area contributed by atoms with Gasteiger partial charge in [-0.2, -0.15) is 0 Å². The van der Waals surface area contributed by atoms with Crippen LogP contribution >= 0.6 is 0 Å². The van der Waals surface area contributed by atoms with Crippen LogP contribution in [0.3, 0.4) is 0 Å². The fourth-order valence-corrected chi connectivity index (χ4v) is 3.58. The van der Waals surface area contributed by atoms with E-state index in [2.05, 4.69) is 5.32 Å². The molecule has 3 amide bonds. The molecule has 5 nitrogen and oxygen atoms in total. The third kappa shape index (κ3) is 4.49. The molecule has 152 valence electrons. The summed E-state index contributed by atoms with van der Waals surface area (Å²) in [5, 5.41) is 2.99. The molecule has 1 fully saturated rings. The van der Waals surface area contributed by atoms with E-state index in [0.29, 0.717) is 18.8 Å². The van der Waals surface area contributed by atoms with Gasteiger partial charge in [-0.3, -0.25) is 9.69 Å². The Morgan fingerprint density at radius 2 is 1.60 bits per heavy atom. The highest BCUT2D eigenvalue weighted by Gasteiger charge is 2.32. The van der Waals surface area contributed by atoms with Gasteiger partial charge in [0, 0.05) is 24.3 Å². The first-order valence-corrected chi connectivity index (χ1v) is 9.83. The van der Waals surface area contributed by atoms with Crippen LogP contribution < -0.4 is 15.1 Å². The lowest BCUT2D eigenvalue weighted by atomic mass is 10.2. The van der Waals surface area contributed by atoms with Crippen molar-refractivity contribution in [3.05, 3.63) is 96.3 Å². The maximum atomic E-state index is 13.2. The van der Waals surface area contributed by atoms with E-state index in [1.54, 1.807) is 21.9 Å². The second-order valence-electron chi connectivity index (χ2n) is 7.24. The number of para-hydroxylation sites is 1. The Morgan fingerprint density at radius 3 is 2.27 bits per heavy atom. The van der Waals surface area contributed by atoms with Crippen molar-refractivity contribution < 1.29 is 14.0 Å². The van der Waals surface area contributed by atoms with Gasteiger partial charge in [0.1, 0.15) is 5.82 Å². The van der Waals surface area contributed by atoms with Crippen LogP contribution in [0.5, 0.6) is 0 Å². The molecule has 0 aromatic heterocycles. The average molecular weight is 403 g/mol. The van der Waals surface area contributed by atoms with Gasteiger partial charge in [-0.1, -0.05) is 48.5 Å². The number of carbonyl (C=O) groups excluding carboxylic acids is 2. The highest BCUT2D eigenvalue weighted by Crippen LogP contribution is 2.23. The van der Waals surface area contributed by atoms with E-state index >= 15 is 0 Å². The van der Waals surface area contributed by atoms with Gasteiger partial charge in [0.25, 0.3) is 0 Å². The van der Waals surface area contributed by atoms with E-state index in [1.807, 2.05) is 60.7 Å². The summed E-state index contributed by atoms with van der Waals surface area (Å²) in [6.45, 7) is 0.767. The molecule has 0 bridgehead atoms. The molecule has 0 spiro atoms. The Labute approximate surface area is 174 Å². The minimum absolute atomic E-state index is 0.0961. The van der Waals surface area contributed by atoms with E-state index < -0.39 is 0 Å². The zero-order valence-corrected chi connectivity index (χ0v) is 16.4. The van der Waals surface area contributed by atoms with Gasteiger partial charge in [0.05, 0.1) is 12.6 Å². The molecule has 6 heteroatoms. The topological polar surface area (TPSA) is 52.7 Å². The molecule has 1 heterocycles. The van der Waals surface area contributed by atoms with Crippen molar-refractivity contribution in [3.63, 3.8) is 0 Å². The Balaban J connectivity index is 1.48. The number of anilines is 2. The molecule has 0 radical (unpaired) electrons. The second-order valence-corrected chi connectivity index (χ2v) is 7.24. The maximum Gasteiger partial charge on any atom is 0.322 e. The Morgan fingerprint density at radius 1 is 0.967 bits per heavy atom. The summed E-state index contributed by atoms with van der Waals surface area (Å²) in [4.78, 5) is 28.8. The number of nitrogens with zero attached hydrogens (tertiary/aromatic N) is 2.